The molecule has 1 aliphatic rings. The highest BCUT2D eigenvalue weighted by Gasteiger charge is 2.34. The molecule has 0 saturated carbocycles. The van der Waals surface area contributed by atoms with Gasteiger partial charge in [-0.15, -0.1) is 0 Å². The lowest BCUT2D eigenvalue weighted by Crippen LogP contribution is -2.43. The van der Waals surface area contributed by atoms with E-state index in [2.05, 4.69) is 10.6 Å². The summed E-state index contributed by atoms with van der Waals surface area (Å²) in [5.41, 5.74) is 6.96. The molecule has 8 heteroatoms. The first-order valence-electron chi connectivity index (χ1n) is 9.05. The molecule has 28 heavy (non-hydrogen) atoms. The summed E-state index contributed by atoms with van der Waals surface area (Å²) < 4.78 is 40.8. The van der Waals surface area contributed by atoms with E-state index in [1.165, 1.54) is 12.1 Å². The van der Waals surface area contributed by atoms with Crippen LogP contribution in [0.4, 0.5) is 24.5 Å². The largest absolute Gasteiger partial charge is 0.416 e. The van der Waals surface area contributed by atoms with Crippen LogP contribution < -0.4 is 16.4 Å². The number of nitrogens with zero attached hydrogens (tertiary/aromatic N) is 1. The lowest BCUT2D eigenvalue weighted by atomic mass is 10.0. The van der Waals surface area contributed by atoms with Crippen LogP contribution >= 0.6 is 0 Å². The van der Waals surface area contributed by atoms with Gasteiger partial charge in [0.05, 0.1) is 5.56 Å². The predicted molar refractivity (Wildman–Crippen MR) is 103 cm³/mol. The maximum Gasteiger partial charge on any atom is 0.416 e. The van der Waals surface area contributed by atoms with E-state index in [0.717, 1.165) is 24.7 Å². The van der Waals surface area contributed by atoms with E-state index in [1.807, 2.05) is 11.8 Å². The molecule has 3 rings (SSSR count). The standard InChI is InChI=1S/C20H23F3N4O/c1-13-2-5-16(11-18(13)24)26-19(28)14-3-4-15(17(10-14)20(21,22)23)12-27-8-6-25-7-9-27/h2-5,10-11,25H,6-9,12,24H2,1H3,(H,26,28). The van der Waals surface area contributed by atoms with E-state index in [1.54, 1.807) is 18.2 Å². The molecule has 0 spiro atoms. The van der Waals surface area contributed by atoms with Gasteiger partial charge in [-0.05, 0) is 42.3 Å². The van der Waals surface area contributed by atoms with Crippen LogP contribution in [0.5, 0.6) is 0 Å². The quantitative estimate of drug-likeness (QED) is 0.699. The zero-order valence-corrected chi connectivity index (χ0v) is 15.6. The zero-order chi connectivity index (χ0) is 20.3. The minimum Gasteiger partial charge on any atom is -0.398 e. The highest BCUT2D eigenvalue weighted by molar-refractivity contribution is 6.04. The predicted octanol–water partition coefficient (Wildman–Crippen LogP) is 3.25. The van der Waals surface area contributed by atoms with Gasteiger partial charge in [-0.1, -0.05) is 12.1 Å². The van der Waals surface area contributed by atoms with Crippen LogP contribution in [0, 0.1) is 6.92 Å². The van der Waals surface area contributed by atoms with Crippen molar-refractivity contribution in [1.29, 1.82) is 0 Å². The summed E-state index contributed by atoms with van der Waals surface area (Å²) in [5, 5.41) is 5.78. The number of anilines is 2. The zero-order valence-electron chi connectivity index (χ0n) is 15.6. The number of aryl methyl sites for hydroxylation is 1. The second-order valence-electron chi connectivity index (χ2n) is 6.92. The molecule has 5 nitrogen and oxygen atoms in total. The number of carbonyl (C=O) groups excluding carboxylic acids is 1. The van der Waals surface area contributed by atoms with Gasteiger partial charge in [-0.3, -0.25) is 9.69 Å². The van der Waals surface area contributed by atoms with Crippen molar-refractivity contribution in [1.82, 2.24) is 10.2 Å². The molecule has 1 saturated heterocycles. The number of nitrogens with one attached hydrogen (secondary N) is 2. The number of nitrogens with two attached hydrogens (primary N) is 1. The second kappa shape index (κ2) is 8.20. The fourth-order valence-electron chi connectivity index (χ4n) is 3.15. The van der Waals surface area contributed by atoms with Crippen molar-refractivity contribution in [3.8, 4) is 0 Å². The van der Waals surface area contributed by atoms with E-state index >= 15 is 0 Å². The fraction of sp³-hybridized carbons (Fsp3) is 0.350. The number of hydrogen-bond acceptors (Lipinski definition) is 4. The van der Waals surface area contributed by atoms with Crippen LogP contribution in [0.1, 0.15) is 27.0 Å². The van der Waals surface area contributed by atoms with E-state index in [9.17, 15) is 18.0 Å². The molecular formula is C20H23F3N4O. The van der Waals surface area contributed by atoms with Gasteiger partial charge in [0, 0.05) is 49.7 Å². The number of rotatable bonds is 4. The summed E-state index contributed by atoms with van der Waals surface area (Å²) in [4.78, 5) is 14.4. The first-order valence-corrected chi connectivity index (χ1v) is 9.05. The molecule has 1 heterocycles. The van der Waals surface area contributed by atoms with Crippen LogP contribution in [-0.2, 0) is 12.7 Å². The van der Waals surface area contributed by atoms with Crippen molar-refractivity contribution in [2.45, 2.75) is 19.6 Å². The Labute approximate surface area is 161 Å². The molecular weight excluding hydrogens is 369 g/mol. The highest BCUT2D eigenvalue weighted by atomic mass is 19.4. The van der Waals surface area contributed by atoms with E-state index in [4.69, 9.17) is 5.73 Å². The molecule has 1 aliphatic heterocycles. The van der Waals surface area contributed by atoms with E-state index in [-0.39, 0.29) is 17.7 Å². The Morgan fingerprint density at radius 1 is 1.18 bits per heavy atom. The molecule has 0 aliphatic carbocycles. The van der Waals surface area contributed by atoms with Gasteiger partial charge in [0.15, 0.2) is 0 Å². The number of nitrogen functional groups attached to an aromatic ring is 1. The van der Waals surface area contributed by atoms with Gasteiger partial charge >= 0.3 is 6.18 Å². The number of amides is 1. The normalized spacial score (nSPS) is 15.4. The number of carbonyl (C=O) groups is 1. The molecule has 0 unspecified atom stereocenters. The Morgan fingerprint density at radius 3 is 2.54 bits per heavy atom. The lowest BCUT2D eigenvalue weighted by molar-refractivity contribution is -0.138. The fourth-order valence-corrected chi connectivity index (χ4v) is 3.15. The lowest BCUT2D eigenvalue weighted by Gasteiger charge is -2.28. The molecule has 0 radical (unpaired) electrons. The van der Waals surface area contributed by atoms with Crippen LogP contribution in [-0.4, -0.2) is 37.0 Å². The average Bonchev–Trinajstić information content (AvgIpc) is 2.65. The monoisotopic (exact) mass is 392 g/mol. The topological polar surface area (TPSA) is 70.4 Å². The summed E-state index contributed by atoms with van der Waals surface area (Å²) in [6.45, 7) is 4.91. The Bertz CT molecular complexity index is 861. The molecule has 150 valence electrons. The number of piperazine rings is 1. The molecule has 0 aromatic heterocycles. The van der Waals surface area contributed by atoms with Crippen LogP contribution in [0.2, 0.25) is 0 Å². The molecule has 0 atom stereocenters. The number of hydrogen-bond donors (Lipinski definition) is 3. The third-order valence-electron chi connectivity index (χ3n) is 4.82. The third kappa shape index (κ3) is 4.82. The Balaban J connectivity index is 1.82. The number of benzene rings is 2. The highest BCUT2D eigenvalue weighted by Crippen LogP contribution is 2.33. The molecule has 1 fully saturated rings. The van der Waals surface area contributed by atoms with Crippen molar-refractivity contribution < 1.29 is 18.0 Å². The van der Waals surface area contributed by atoms with Gasteiger partial charge in [0.1, 0.15) is 0 Å². The minimum atomic E-state index is -4.53. The smallest absolute Gasteiger partial charge is 0.398 e. The van der Waals surface area contributed by atoms with Gasteiger partial charge in [0.25, 0.3) is 5.91 Å². The summed E-state index contributed by atoms with van der Waals surface area (Å²) in [6, 6.07) is 8.72. The maximum absolute atomic E-state index is 13.6. The van der Waals surface area contributed by atoms with Crippen molar-refractivity contribution in [2.24, 2.45) is 0 Å². The molecule has 1 amide bonds. The first kappa shape index (κ1) is 20.2. The second-order valence-corrected chi connectivity index (χ2v) is 6.92. The van der Waals surface area contributed by atoms with Gasteiger partial charge in [-0.25, -0.2) is 0 Å². The van der Waals surface area contributed by atoms with E-state index < -0.39 is 17.6 Å². The van der Waals surface area contributed by atoms with Crippen LogP contribution in [0.3, 0.4) is 0 Å². The summed E-state index contributed by atoms with van der Waals surface area (Å²) in [7, 11) is 0. The van der Waals surface area contributed by atoms with E-state index in [0.29, 0.717) is 24.5 Å². The van der Waals surface area contributed by atoms with Crippen molar-refractivity contribution in [3.63, 3.8) is 0 Å². The minimum absolute atomic E-state index is 0.0458. The third-order valence-corrected chi connectivity index (χ3v) is 4.82. The Hall–Kier alpha value is -2.58. The number of alkyl halides is 3. The van der Waals surface area contributed by atoms with Gasteiger partial charge in [-0.2, -0.15) is 13.2 Å². The SMILES string of the molecule is Cc1ccc(NC(=O)c2ccc(CN3CCNCC3)c(C(F)(F)F)c2)cc1N. The van der Waals surface area contributed by atoms with Crippen LogP contribution in [0.15, 0.2) is 36.4 Å². The van der Waals surface area contributed by atoms with Gasteiger partial charge < -0.3 is 16.4 Å². The average molecular weight is 392 g/mol. The summed E-state index contributed by atoms with van der Waals surface area (Å²) >= 11 is 0. The molecule has 0 bridgehead atoms. The van der Waals surface area contributed by atoms with Crippen molar-refractivity contribution in [2.75, 3.05) is 37.2 Å². The molecule has 2 aromatic carbocycles. The first-order chi connectivity index (χ1) is 13.2. The van der Waals surface area contributed by atoms with Crippen LogP contribution in [0.25, 0.3) is 0 Å². The van der Waals surface area contributed by atoms with Gasteiger partial charge in [0.2, 0.25) is 0 Å². The van der Waals surface area contributed by atoms with Crippen molar-refractivity contribution in [3.05, 3.63) is 58.7 Å². The molecule has 2 aromatic rings. The summed E-state index contributed by atoms with van der Waals surface area (Å²) in [5.74, 6) is -0.609. The van der Waals surface area contributed by atoms with Crippen molar-refractivity contribution >= 4 is 17.3 Å². The Morgan fingerprint density at radius 2 is 1.89 bits per heavy atom. The molecule has 4 N–H and O–H groups in total. The number of halogens is 3. The summed E-state index contributed by atoms with van der Waals surface area (Å²) in [6.07, 6.45) is -4.53. The Kier molecular flexibility index (Phi) is 5.90. The maximum atomic E-state index is 13.6.